The number of aryl methyl sites for hydroxylation is 2. The molecule has 0 saturated carbocycles. The predicted octanol–water partition coefficient (Wildman–Crippen LogP) is 25.8. The van der Waals surface area contributed by atoms with Crippen LogP contribution in [0.4, 0.5) is 0 Å². The smallest absolute Gasteiger partial charge is 0.0641 e. The van der Waals surface area contributed by atoms with Crippen molar-refractivity contribution in [1.82, 2.24) is 18.3 Å². The molecule has 4 aromatic heterocycles. The molecule has 102 heavy (non-hydrogen) atoms. The van der Waals surface area contributed by atoms with Crippen LogP contribution < -0.4 is 0 Å². The van der Waals surface area contributed by atoms with E-state index in [9.17, 15) is 0 Å². The summed E-state index contributed by atoms with van der Waals surface area (Å²) in [6, 6.07) is 136. The minimum absolute atomic E-state index is 1.09. The van der Waals surface area contributed by atoms with Crippen molar-refractivity contribution in [3.8, 4) is 101 Å². The van der Waals surface area contributed by atoms with Crippen LogP contribution in [0.15, 0.2) is 364 Å². The molecule has 4 nitrogen and oxygen atoms in total. The summed E-state index contributed by atoms with van der Waals surface area (Å²) in [5, 5.41) is 9.78. The van der Waals surface area contributed by atoms with Crippen LogP contribution in [-0.2, 0) is 12.8 Å². The first-order valence-corrected chi connectivity index (χ1v) is 35.5. The molecule has 0 amide bonds. The van der Waals surface area contributed by atoms with Gasteiger partial charge in [-0.2, -0.15) is 0 Å². The lowest BCUT2D eigenvalue weighted by Gasteiger charge is -2.20. The zero-order valence-electron chi connectivity index (χ0n) is 55.8. The summed E-state index contributed by atoms with van der Waals surface area (Å²) >= 11 is 0. The minimum Gasteiger partial charge on any atom is -0.309 e. The fourth-order valence-electron chi connectivity index (χ4n) is 16.9. The summed E-state index contributed by atoms with van der Waals surface area (Å²) in [5.41, 5.74) is 33.1. The van der Waals surface area contributed by atoms with E-state index in [1.165, 1.54) is 121 Å². The molecule has 0 radical (unpaired) electrons. The van der Waals surface area contributed by atoms with Gasteiger partial charge in [-0.1, -0.05) is 249 Å². The Kier molecular flexibility index (Phi) is 13.1. The summed E-state index contributed by atoms with van der Waals surface area (Å²) in [4.78, 5) is 0. The summed E-state index contributed by atoms with van der Waals surface area (Å²) in [5.74, 6) is 0. The highest BCUT2D eigenvalue weighted by atomic mass is 15.0. The van der Waals surface area contributed by atoms with Crippen LogP contribution in [0.2, 0.25) is 0 Å². The van der Waals surface area contributed by atoms with Gasteiger partial charge in [-0.25, -0.2) is 0 Å². The molecule has 21 rings (SSSR count). The monoisotopic (exact) mass is 1300 g/mol. The minimum atomic E-state index is 1.09. The Hall–Kier alpha value is -13.3. The molecule has 0 N–H and O–H groups in total. The van der Waals surface area contributed by atoms with E-state index < -0.39 is 0 Å². The van der Waals surface area contributed by atoms with Gasteiger partial charge < -0.3 is 18.3 Å². The molecule has 0 aliphatic heterocycles. The number of aromatic nitrogens is 4. The van der Waals surface area contributed by atoms with Gasteiger partial charge in [0.05, 0.1) is 44.1 Å². The SMILES string of the molecule is c1ccc(-c2cccc(-c3cccc(-n4c5ccccc5c5c4ccc4c6ccccc6n(-c6cc(-c7ccccc7)cc(-c7cccc(-c8cc(-c9cccc(-c%10ccccc%10)c9)cc(-n9c%10ccccc%10c%10ccc%11c(c%12ccccc%12n%11-c%11ccc%12c(c%11)CC%12)c%109)c8)c7)c6)c45)c3)c2)cc1. The molecule has 0 saturated heterocycles. The van der Waals surface area contributed by atoms with Crippen LogP contribution >= 0.6 is 0 Å². The molecule has 1 aliphatic carbocycles. The Balaban J connectivity index is 0.767. The Morgan fingerprint density at radius 3 is 0.882 bits per heavy atom. The number of fused-ring (bicyclic) bond motifs is 15. The van der Waals surface area contributed by atoms with Crippen molar-refractivity contribution in [3.63, 3.8) is 0 Å². The van der Waals surface area contributed by atoms with Gasteiger partial charge in [0, 0.05) is 65.8 Å². The second-order valence-electron chi connectivity index (χ2n) is 27.5. The quantitative estimate of drug-likeness (QED) is 0.123. The Bertz CT molecular complexity index is 6800. The van der Waals surface area contributed by atoms with Crippen molar-refractivity contribution in [3.05, 3.63) is 375 Å². The molecule has 4 heterocycles. The average Bonchev–Trinajstić information content (AvgIpc) is 1.55. The standard InChI is InChI=1S/C98H64N4/c1-4-22-63(23-5-1)67-28-18-30-69(52-67)73-34-21-35-79(57-73)99-91-42-16-12-38-87(91)95-93(99)50-48-85-83-36-10-14-40-89(83)101(97(85)95)81-59-75(65-26-8-3-9-27-65)55-76(60-81)71-32-20-33-72(54-71)78-56-77(70-31-19-29-68(53-70)64-24-6-2-7-25-64)61-82(62-78)102-90-41-15-11-37-84(90)86-49-51-94-96(98(86)102)88-39-13-17-43-92(88)100(94)80-47-46-66-44-45-74(66)58-80/h1-43,46-62H,44-45H2. The Morgan fingerprint density at radius 2 is 0.461 bits per heavy atom. The molecule has 0 spiro atoms. The van der Waals surface area contributed by atoms with Crippen molar-refractivity contribution in [1.29, 1.82) is 0 Å². The summed E-state index contributed by atoms with van der Waals surface area (Å²) in [7, 11) is 0. The largest absolute Gasteiger partial charge is 0.309 e. The van der Waals surface area contributed by atoms with Crippen molar-refractivity contribution < 1.29 is 0 Å². The van der Waals surface area contributed by atoms with E-state index in [1.54, 1.807) is 0 Å². The topological polar surface area (TPSA) is 19.7 Å². The molecule has 0 fully saturated rings. The van der Waals surface area contributed by atoms with Gasteiger partial charge in [0.1, 0.15) is 0 Å². The normalized spacial score (nSPS) is 12.2. The molecule has 0 bridgehead atoms. The maximum absolute atomic E-state index is 2.57. The molecule has 20 aromatic rings. The highest BCUT2D eigenvalue weighted by molar-refractivity contribution is 6.28. The zero-order valence-corrected chi connectivity index (χ0v) is 55.8. The van der Waals surface area contributed by atoms with Gasteiger partial charge in [0.25, 0.3) is 0 Å². The molecule has 4 heteroatoms. The third kappa shape index (κ3) is 9.23. The van der Waals surface area contributed by atoms with Gasteiger partial charge in [-0.15, -0.1) is 0 Å². The van der Waals surface area contributed by atoms with Crippen molar-refractivity contribution in [2.24, 2.45) is 0 Å². The summed E-state index contributed by atoms with van der Waals surface area (Å²) in [6.07, 6.45) is 2.28. The number of rotatable bonds is 11. The van der Waals surface area contributed by atoms with Crippen LogP contribution in [0.1, 0.15) is 11.1 Å². The van der Waals surface area contributed by atoms with Crippen molar-refractivity contribution >= 4 is 87.2 Å². The highest BCUT2D eigenvalue weighted by Crippen LogP contribution is 2.47. The van der Waals surface area contributed by atoms with Gasteiger partial charge in [0.2, 0.25) is 0 Å². The molecule has 0 atom stereocenters. The number of para-hydroxylation sites is 4. The second-order valence-corrected chi connectivity index (χ2v) is 27.5. The Labute approximate surface area is 590 Å². The van der Waals surface area contributed by atoms with Crippen molar-refractivity contribution in [2.75, 3.05) is 0 Å². The second kappa shape index (κ2) is 23.2. The van der Waals surface area contributed by atoms with Gasteiger partial charge in [-0.05, 0) is 217 Å². The summed E-state index contributed by atoms with van der Waals surface area (Å²) < 4.78 is 10.1. The van der Waals surface area contributed by atoms with Crippen LogP contribution in [0.25, 0.3) is 188 Å². The van der Waals surface area contributed by atoms with E-state index in [0.29, 0.717) is 0 Å². The van der Waals surface area contributed by atoms with Crippen LogP contribution in [0.3, 0.4) is 0 Å². The third-order valence-electron chi connectivity index (χ3n) is 21.8. The fourth-order valence-corrected chi connectivity index (χ4v) is 16.9. The third-order valence-corrected chi connectivity index (χ3v) is 21.8. The van der Waals surface area contributed by atoms with E-state index in [1.807, 2.05) is 0 Å². The lowest BCUT2D eigenvalue weighted by molar-refractivity contribution is 0.836. The maximum Gasteiger partial charge on any atom is 0.0641 e. The Morgan fingerprint density at radius 1 is 0.157 bits per heavy atom. The van der Waals surface area contributed by atoms with Crippen LogP contribution in [-0.4, -0.2) is 18.3 Å². The molecule has 476 valence electrons. The number of hydrogen-bond donors (Lipinski definition) is 0. The van der Waals surface area contributed by atoms with Crippen molar-refractivity contribution in [2.45, 2.75) is 12.8 Å². The summed E-state index contributed by atoms with van der Waals surface area (Å²) in [6.45, 7) is 0. The molecular weight excluding hydrogens is 1230 g/mol. The van der Waals surface area contributed by atoms with E-state index in [2.05, 4.69) is 382 Å². The fraction of sp³-hybridized carbons (Fsp3) is 0.0204. The van der Waals surface area contributed by atoms with E-state index in [4.69, 9.17) is 0 Å². The van der Waals surface area contributed by atoms with Gasteiger partial charge in [0.15, 0.2) is 0 Å². The van der Waals surface area contributed by atoms with Gasteiger partial charge >= 0.3 is 0 Å². The first-order chi connectivity index (χ1) is 50.6. The lowest BCUT2D eigenvalue weighted by atomic mass is 9.88. The first-order valence-electron chi connectivity index (χ1n) is 35.5. The molecule has 0 unspecified atom stereocenters. The lowest BCUT2D eigenvalue weighted by Crippen LogP contribution is -2.09. The molecular formula is C98H64N4. The molecule has 1 aliphatic rings. The average molecular weight is 1300 g/mol. The molecule has 16 aromatic carbocycles. The van der Waals surface area contributed by atoms with Crippen LogP contribution in [0.5, 0.6) is 0 Å². The van der Waals surface area contributed by atoms with Crippen LogP contribution in [0, 0.1) is 0 Å². The van der Waals surface area contributed by atoms with E-state index in [-0.39, 0.29) is 0 Å². The maximum atomic E-state index is 2.57. The predicted molar refractivity (Wildman–Crippen MR) is 429 cm³/mol. The zero-order chi connectivity index (χ0) is 66.9. The van der Waals surface area contributed by atoms with E-state index in [0.717, 1.165) is 91.0 Å². The number of nitrogens with zero attached hydrogens (tertiary/aromatic N) is 4. The van der Waals surface area contributed by atoms with Gasteiger partial charge in [-0.3, -0.25) is 0 Å². The highest BCUT2D eigenvalue weighted by Gasteiger charge is 2.26. The number of benzene rings is 16. The first kappa shape index (κ1) is 57.8. The van der Waals surface area contributed by atoms with E-state index >= 15 is 0 Å². The number of hydrogen-bond acceptors (Lipinski definition) is 0.